The first kappa shape index (κ1) is 16.9. The molecule has 0 atom stereocenters. The van der Waals surface area contributed by atoms with E-state index < -0.39 is 0 Å². The average molecular weight is 449 g/mol. The zero-order valence-corrected chi connectivity index (χ0v) is 15.8. The van der Waals surface area contributed by atoms with Crippen molar-refractivity contribution >= 4 is 39.2 Å². The molecule has 0 bridgehead atoms. The average Bonchev–Trinajstić information content (AvgIpc) is 2.93. The van der Waals surface area contributed by atoms with Crippen LogP contribution in [0.2, 0.25) is 5.02 Å². The molecule has 0 fully saturated rings. The summed E-state index contributed by atoms with van der Waals surface area (Å²) < 4.78 is 1.84. The molecular formula is C19H14ClIN2O. The number of hydrogen-bond donors (Lipinski definition) is 1. The van der Waals surface area contributed by atoms with Gasteiger partial charge in [-0.15, -0.1) is 0 Å². The van der Waals surface area contributed by atoms with E-state index in [4.69, 9.17) is 11.6 Å². The molecule has 0 aliphatic heterocycles. The van der Waals surface area contributed by atoms with Gasteiger partial charge >= 0.3 is 0 Å². The molecule has 2 aromatic carbocycles. The number of nitrogens with one attached hydrogen (secondary N) is 1. The first-order chi connectivity index (χ1) is 11.2. The van der Waals surface area contributed by atoms with E-state index in [9.17, 15) is 4.79 Å². The van der Waals surface area contributed by atoms with Gasteiger partial charge in [0.2, 0.25) is 0 Å². The Morgan fingerprint density at radius 2 is 1.71 bits per heavy atom. The lowest BCUT2D eigenvalue weighted by molar-refractivity contribution is -0.672. The van der Waals surface area contributed by atoms with Gasteiger partial charge in [-0.25, -0.2) is 0 Å². The van der Waals surface area contributed by atoms with Crippen molar-refractivity contribution in [3.05, 3.63) is 77.1 Å². The second kappa shape index (κ2) is 6.53. The maximum Gasteiger partial charge on any atom is 0.277 e. The number of carbonyl (C=O) groups is 1. The minimum absolute atomic E-state index is 0. The van der Waals surface area contributed by atoms with E-state index in [0.29, 0.717) is 16.3 Å². The van der Waals surface area contributed by atoms with Crippen molar-refractivity contribution in [1.82, 2.24) is 4.98 Å². The minimum atomic E-state index is -0.0877. The predicted octanol–water partition coefficient (Wildman–Crippen LogP) is 1.03. The van der Waals surface area contributed by atoms with Gasteiger partial charge in [0.1, 0.15) is 12.6 Å². The largest absolute Gasteiger partial charge is 1.00 e. The second-order valence-electron chi connectivity index (χ2n) is 5.54. The Morgan fingerprint density at radius 3 is 2.50 bits per heavy atom. The first-order valence-corrected chi connectivity index (χ1v) is 7.73. The monoisotopic (exact) mass is 448 g/mol. The van der Waals surface area contributed by atoms with Crippen molar-refractivity contribution in [3.63, 3.8) is 0 Å². The lowest BCUT2D eigenvalue weighted by atomic mass is 10.0. The number of rotatable bonds is 2. The van der Waals surface area contributed by atoms with Gasteiger partial charge in [-0.3, -0.25) is 4.79 Å². The molecule has 0 aliphatic rings. The third kappa shape index (κ3) is 2.59. The Balaban J connectivity index is 0.00000169. The Hall–Kier alpha value is -1.92. The van der Waals surface area contributed by atoms with Crippen molar-refractivity contribution in [2.45, 2.75) is 0 Å². The van der Waals surface area contributed by atoms with Gasteiger partial charge in [0.05, 0.1) is 5.02 Å². The lowest BCUT2D eigenvalue weighted by Crippen LogP contribution is -3.00. The van der Waals surface area contributed by atoms with Gasteiger partial charge < -0.3 is 29.0 Å². The number of ketones is 1. The van der Waals surface area contributed by atoms with Crippen molar-refractivity contribution < 1.29 is 33.3 Å². The van der Waals surface area contributed by atoms with E-state index in [1.54, 1.807) is 12.1 Å². The molecule has 0 saturated carbocycles. The van der Waals surface area contributed by atoms with Crippen LogP contribution in [-0.2, 0) is 7.05 Å². The van der Waals surface area contributed by atoms with Crippen molar-refractivity contribution in [2.75, 3.05) is 0 Å². The van der Waals surface area contributed by atoms with E-state index in [2.05, 4.69) is 11.1 Å². The van der Waals surface area contributed by atoms with Crippen LogP contribution in [0.3, 0.4) is 0 Å². The van der Waals surface area contributed by atoms with Crippen molar-refractivity contribution in [2.24, 2.45) is 7.05 Å². The summed E-state index contributed by atoms with van der Waals surface area (Å²) in [5, 5.41) is 2.61. The van der Waals surface area contributed by atoms with Crippen LogP contribution in [0.5, 0.6) is 0 Å². The summed E-state index contributed by atoms with van der Waals surface area (Å²) in [5.74, 6) is -0.0877. The maximum absolute atomic E-state index is 13.1. The van der Waals surface area contributed by atoms with Crippen LogP contribution >= 0.6 is 11.6 Å². The van der Waals surface area contributed by atoms with Crippen LogP contribution in [0.1, 0.15) is 16.1 Å². The zero-order chi connectivity index (χ0) is 16.0. The topological polar surface area (TPSA) is 36.7 Å². The number of benzene rings is 2. The summed E-state index contributed by atoms with van der Waals surface area (Å²) in [6.07, 6.45) is 1.91. The van der Waals surface area contributed by atoms with Crippen LogP contribution in [0.15, 0.2) is 60.8 Å². The van der Waals surface area contributed by atoms with Crippen LogP contribution in [0.4, 0.5) is 0 Å². The number of hydrogen-bond acceptors (Lipinski definition) is 1. The third-order valence-corrected chi connectivity index (χ3v) is 4.46. The van der Waals surface area contributed by atoms with E-state index in [-0.39, 0.29) is 29.8 Å². The third-order valence-electron chi connectivity index (χ3n) is 4.13. The number of pyridine rings is 1. The standard InChI is InChI=1S/C19H13ClN2O.HI/c1-22-11-10-13-12-6-3-5-9-16(12)21-17(13)18(22)19(23)14-7-2-4-8-15(14)20;/h2-11H,1H3;1H. The summed E-state index contributed by atoms with van der Waals surface area (Å²) in [7, 11) is 1.87. The highest BCUT2D eigenvalue weighted by molar-refractivity contribution is 6.35. The fourth-order valence-corrected chi connectivity index (χ4v) is 3.23. The van der Waals surface area contributed by atoms with Gasteiger partial charge in [0.15, 0.2) is 6.20 Å². The molecule has 1 N–H and O–H groups in total. The number of halogens is 2. The SMILES string of the molecule is C[n+]1ccc2c([nH]c3ccccc32)c1C(=O)c1ccccc1Cl.[I-]. The molecule has 4 rings (SSSR count). The number of aromatic nitrogens is 2. The first-order valence-electron chi connectivity index (χ1n) is 7.35. The van der Waals surface area contributed by atoms with Crippen LogP contribution in [0.25, 0.3) is 21.8 Å². The second-order valence-corrected chi connectivity index (χ2v) is 5.95. The predicted molar refractivity (Wildman–Crippen MR) is 91.9 cm³/mol. The zero-order valence-electron chi connectivity index (χ0n) is 12.9. The Kier molecular flexibility index (Phi) is 4.60. The Bertz CT molecular complexity index is 1070. The Morgan fingerprint density at radius 1 is 1.00 bits per heavy atom. The minimum Gasteiger partial charge on any atom is -1.00 e. The summed E-state index contributed by atoms with van der Waals surface area (Å²) in [5.41, 5.74) is 2.96. The van der Waals surface area contributed by atoms with Gasteiger partial charge in [-0.1, -0.05) is 41.9 Å². The van der Waals surface area contributed by atoms with E-state index in [0.717, 1.165) is 21.8 Å². The summed E-state index contributed by atoms with van der Waals surface area (Å²) >= 11 is 6.21. The molecule has 3 nitrogen and oxygen atoms in total. The summed E-state index contributed by atoms with van der Waals surface area (Å²) in [6.45, 7) is 0. The number of para-hydroxylation sites is 1. The van der Waals surface area contributed by atoms with Crippen LogP contribution < -0.4 is 28.5 Å². The molecule has 0 radical (unpaired) electrons. The van der Waals surface area contributed by atoms with Crippen molar-refractivity contribution in [1.29, 1.82) is 0 Å². The van der Waals surface area contributed by atoms with Gasteiger partial charge in [-0.2, -0.15) is 4.57 Å². The molecule has 0 aliphatic carbocycles. The molecule has 0 unspecified atom stereocenters. The highest BCUT2D eigenvalue weighted by Gasteiger charge is 2.26. The number of nitrogens with zero attached hydrogens (tertiary/aromatic N) is 1. The smallest absolute Gasteiger partial charge is 0.277 e. The maximum atomic E-state index is 13.1. The van der Waals surface area contributed by atoms with E-state index in [1.807, 2.05) is 54.2 Å². The van der Waals surface area contributed by atoms with Gasteiger partial charge in [0.25, 0.3) is 11.5 Å². The molecule has 5 heteroatoms. The van der Waals surface area contributed by atoms with Gasteiger partial charge in [0, 0.05) is 27.9 Å². The summed E-state index contributed by atoms with van der Waals surface area (Å²) in [6, 6.07) is 17.2. The molecule has 0 amide bonds. The Labute approximate surface area is 161 Å². The molecule has 0 spiro atoms. The van der Waals surface area contributed by atoms with Gasteiger partial charge in [-0.05, 0) is 18.2 Å². The van der Waals surface area contributed by atoms with E-state index in [1.165, 1.54) is 0 Å². The van der Waals surface area contributed by atoms with Crippen molar-refractivity contribution in [3.8, 4) is 0 Å². The van der Waals surface area contributed by atoms with E-state index >= 15 is 0 Å². The normalized spacial score (nSPS) is 10.8. The van der Waals surface area contributed by atoms with Crippen LogP contribution in [-0.4, -0.2) is 10.8 Å². The molecular weight excluding hydrogens is 435 g/mol. The number of fused-ring (bicyclic) bond motifs is 3. The number of H-pyrrole nitrogens is 1. The molecule has 2 heterocycles. The quantitative estimate of drug-likeness (QED) is 0.278. The number of aromatic amines is 1. The fourth-order valence-electron chi connectivity index (χ4n) is 3.01. The highest BCUT2D eigenvalue weighted by Crippen LogP contribution is 2.28. The van der Waals surface area contributed by atoms with Crippen LogP contribution in [0, 0.1) is 0 Å². The molecule has 24 heavy (non-hydrogen) atoms. The molecule has 120 valence electrons. The number of carbonyl (C=O) groups excluding carboxylic acids is 1. The lowest BCUT2D eigenvalue weighted by Gasteiger charge is -2.03. The highest BCUT2D eigenvalue weighted by atomic mass is 127. The molecule has 4 aromatic rings. The molecule has 0 saturated heterocycles. The summed E-state index contributed by atoms with van der Waals surface area (Å²) in [4.78, 5) is 16.4. The fraction of sp³-hybridized carbons (Fsp3) is 0.0526. The number of aryl methyl sites for hydroxylation is 1. The molecule has 2 aromatic heterocycles.